The Morgan fingerprint density at radius 2 is 1.43 bits per heavy atom. The van der Waals surface area contributed by atoms with Crippen molar-refractivity contribution in [3.8, 4) is 0 Å². The molecule has 0 saturated carbocycles. The molecule has 1 aliphatic rings. The largest absolute Gasteiger partial charge is 0.406 e. The predicted octanol–water partition coefficient (Wildman–Crippen LogP) is 5.67. The van der Waals surface area contributed by atoms with Gasteiger partial charge in [-0.3, -0.25) is 0 Å². The van der Waals surface area contributed by atoms with Crippen molar-refractivity contribution in [3.63, 3.8) is 0 Å². The Morgan fingerprint density at radius 3 is 1.92 bits per heavy atom. The van der Waals surface area contributed by atoms with Gasteiger partial charge in [-0.05, 0) is 47.3 Å². The molecule has 0 aromatic heterocycles. The molecule has 1 heterocycles. The van der Waals surface area contributed by atoms with E-state index in [2.05, 4.69) is 75.4 Å². The first kappa shape index (κ1) is 27.5. The summed E-state index contributed by atoms with van der Waals surface area (Å²) in [5.74, 6) is 0. The summed E-state index contributed by atoms with van der Waals surface area (Å²) >= 11 is 0. The summed E-state index contributed by atoms with van der Waals surface area (Å²) in [5, 5.41) is 2.21. The quantitative estimate of drug-likeness (QED) is 0.277. The minimum Gasteiger partial charge on any atom is -0.406 e. The van der Waals surface area contributed by atoms with Gasteiger partial charge in [0.05, 0.1) is 17.5 Å². The van der Waals surface area contributed by atoms with Crippen molar-refractivity contribution in [2.45, 2.75) is 69.5 Å². The number of benzene rings is 3. The van der Waals surface area contributed by atoms with Crippen LogP contribution in [0.4, 0.5) is 0 Å². The summed E-state index contributed by atoms with van der Waals surface area (Å²) < 4.78 is 36.9. The number of sulfonamides is 1. The average molecular weight is 534 g/mol. The Bertz CT molecular complexity index is 1260. The molecule has 0 bridgehead atoms. The summed E-state index contributed by atoms with van der Waals surface area (Å²) in [4.78, 5) is 0.335. The van der Waals surface area contributed by atoms with Crippen LogP contribution in [0.15, 0.2) is 102 Å². The Labute approximate surface area is 224 Å². The van der Waals surface area contributed by atoms with Crippen molar-refractivity contribution in [2.24, 2.45) is 0 Å². The summed E-state index contributed by atoms with van der Waals surface area (Å²) in [5.41, 5.74) is 1.04. The maximum atomic E-state index is 14.0. The van der Waals surface area contributed by atoms with E-state index < -0.39 is 18.3 Å². The minimum absolute atomic E-state index is 0.176. The van der Waals surface area contributed by atoms with Crippen molar-refractivity contribution in [1.82, 2.24) is 4.31 Å². The van der Waals surface area contributed by atoms with E-state index in [-0.39, 0.29) is 17.1 Å². The number of hydrogen-bond acceptors (Lipinski definition) is 3. The van der Waals surface area contributed by atoms with E-state index in [1.807, 2.05) is 44.2 Å². The number of aryl methyl sites for hydroxylation is 1. The van der Waals surface area contributed by atoms with Gasteiger partial charge in [0.2, 0.25) is 10.0 Å². The maximum absolute atomic E-state index is 14.0. The smallest absolute Gasteiger partial charge is 0.261 e. The van der Waals surface area contributed by atoms with Crippen LogP contribution in [0.5, 0.6) is 0 Å². The van der Waals surface area contributed by atoms with Gasteiger partial charge in [-0.15, -0.1) is 0 Å². The molecular weight excluding hydrogens is 494 g/mol. The van der Waals surface area contributed by atoms with Crippen LogP contribution >= 0.6 is 0 Å². The first-order valence-corrected chi connectivity index (χ1v) is 16.5. The molecule has 3 aromatic rings. The molecule has 4 nitrogen and oxygen atoms in total. The van der Waals surface area contributed by atoms with Gasteiger partial charge < -0.3 is 4.43 Å². The van der Waals surface area contributed by atoms with E-state index in [4.69, 9.17) is 4.43 Å². The lowest BCUT2D eigenvalue weighted by Crippen LogP contribution is -2.67. The maximum Gasteiger partial charge on any atom is 0.261 e. The molecule has 6 heteroatoms. The van der Waals surface area contributed by atoms with Crippen LogP contribution in [-0.4, -0.2) is 39.7 Å². The van der Waals surface area contributed by atoms with Gasteiger partial charge in [0.1, 0.15) is 0 Å². The Hall–Kier alpha value is -2.51. The molecule has 0 spiro atoms. The molecule has 4 rings (SSSR count). The van der Waals surface area contributed by atoms with Gasteiger partial charge in [-0.25, -0.2) is 8.42 Å². The van der Waals surface area contributed by atoms with E-state index in [9.17, 15) is 8.42 Å². The van der Waals surface area contributed by atoms with E-state index in [1.165, 1.54) is 10.4 Å². The fourth-order valence-corrected chi connectivity index (χ4v) is 11.9. The zero-order valence-electron chi connectivity index (χ0n) is 22.6. The molecule has 37 heavy (non-hydrogen) atoms. The average Bonchev–Trinajstić information content (AvgIpc) is 2.89. The van der Waals surface area contributed by atoms with Crippen molar-refractivity contribution >= 4 is 28.7 Å². The summed E-state index contributed by atoms with van der Waals surface area (Å²) in [6.45, 7) is 11.1. The predicted molar refractivity (Wildman–Crippen MR) is 155 cm³/mol. The highest BCUT2D eigenvalue weighted by Crippen LogP contribution is 2.38. The van der Waals surface area contributed by atoms with Crippen LogP contribution in [0.3, 0.4) is 0 Å². The Balaban J connectivity index is 1.77. The topological polar surface area (TPSA) is 46.6 Å². The third-order valence-corrected chi connectivity index (χ3v) is 14.4. The van der Waals surface area contributed by atoms with Gasteiger partial charge in [-0.1, -0.05) is 118 Å². The van der Waals surface area contributed by atoms with Gasteiger partial charge >= 0.3 is 0 Å². The van der Waals surface area contributed by atoms with E-state index in [0.717, 1.165) is 5.56 Å². The fraction of sp³-hybridized carbons (Fsp3) is 0.355. The number of nitrogens with zero attached hydrogens (tertiary/aromatic N) is 1. The molecule has 0 fully saturated rings. The van der Waals surface area contributed by atoms with Crippen LogP contribution in [0.25, 0.3) is 0 Å². The zero-order valence-corrected chi connectivity index (χ0v) is 24.4. The first-order chi connectivity index (χ1) is 17.6. The molecule has 1 aliphatic heterocycles. The van der Waals surface area contributed by atoms with Crippen molar-refractivity contribution in [1.29, 1.82) is 0 Å². The van der Waals surface area contributed by atoms with Gasteiger partial charge in [0, 0.05) is 6.04 Å². The van der Waals surface area contributed by atoms with Crippen LogP contribution in [0.2, 0.25) is 5.04 Å². The Kier molecular flexibility index (Phi) is 8.24. The van der Waals surface area contributed by atoms with Crippen LogP contribution in [0.1, 0.15) is 46.1 Å². The lowest BCUT2D eigenvalue weighted by atomic mass is 10.1. The number of rotatable bonds is 8. The molecule has 0 unspecified atom stereocenters. The molecule has 0 amide bonds. The molecule has 196 valence electrons. The second-order valence-corrected chi connectivity index (χ2v) is 17.1. The van der Waals surface area contributed by atoms with Gasteiger partial charge in [0.15, 0.2) is 0 Å². The molecule has 0 saturated heterocycles. The first-order valence-electron chi connectivity index (χ1n) is 13.1. The summed E-state index contributed by atoms with van der Waals surface area (Å²) in [7, 11) is -6.49. The highest BCUT2D eigenvalue weighted by atomic mass is 32.2. The van der Waals surface area contributed by atoms with Crippen LogP contribution in [-0.2, 0) is 14.4 Å². The molecule has 0 aliphatic carbocycles. The second kappa shape index (κ2) is 11.1. The third kappa shape index (κ3) is 5.39. The standard InChI is InChI=1S/C31H39NO3SSi/c1-6-26-14-13-15-27(32(26)36(33,34)28-22-20-25(2)21-23-28)24-35-37(31(3,4)5,29-16-9-7-10-17-29)30-18-11-8-12-19-30/h7-14,16-23,26-27H,6,15,24H2,1-5H3/t26-,27-/m1/s1. The van der Waals surface area contributed by atoms with Crippen LogP contribution in [0, 0.1) is 6.92 Å². The molecule has 2 atom stereocenters. The third-order valence-electron chi connectivity index (χ3n) is 7.38. The van der Waals surface area contributed by atoms with Crippen molar-refractivity contribution in [2.75, 3.05) is 6.61 Å². The van der Waals surface area contributed by atoms with Crippen molar-refractivity contribution < 1.29 is 12.8 Å². The van der Waals surface area contributed by atoms with E-state index >= 15 is 0 Å². The zero-order chi connectivity index (χ0) is 26.7. The summed E-state index contributed by atoms with van der Waals surface area (Å²) in [6.07, 6.45) is 5.48. The lowest BCUT2D eigenvalue weighted by Gasteiger charge is -2.45. The van der Waals surface area contributed by atoms with Crippen molar-refractivity contribution in [3.05, 3.63) is 103 Å². The molecule has 0 N–H and O–H groups in total. The minimum atomic E-state index is -3.70. The fourth-order valence-electron chi connectivity index (χ4n) is 5.50. The highest BCUT2D eigenvalue weighted by molar-refractivity contribution is 7.89. The second-order valence-electron chi connectivity index (χ2n) is 10.9. The van der Waals surface area contributed by atoms with Gasteiger partial charge in [0.25, 0.3) is 8.32 Å². The monoisotopic (exact) mass is 533 g/mol. The van der Waals surface area contributed by atoms with E-state index in [1.54, 1.807) is 16.4 Å². The van der Waals surface area contributed by atoms with E-state index in [0.29, 0.717) is 24.3 Å². The lowest BCUT2D eigenvalue weighted by molar-refractivity contribution is 0.170. The normalized spacial score (nSPS) is 19.2. The molecular formula is C31H39NO3SSi. The molecule has 3 aromatic carbocycles. The highest BCUT2D eigenvalue weighted by Gasteiger charge is 2.51. The van der Waals surface area contributed by atoms with Crippen LogP contribution < -0.4 is 10.4 Å². The Morgan fingerprint density at radius 1 is 0.892 bits per heavy atom. The van der Waals surface area contributed by atoms with Gasteiger partial charge in [-0.2, -0.15) is 4.31 Å². The SMILES string of the molecule is CC[C@@H]1C=CC[C@H](CO[Si](c2ccccc2)(c2ccccc2)C(C)(C)C)N1S(=O)(=O)c1ccc(C)cc1. The summed E-state index contributed by atoms with van der Waals surface area (Å²) in [6, 6.07) is 27.7. The molecule has 0 radical (unpaired) electrons. The number of hydrogen-bond donors (Lipinski definition) is 0.